The lowest BCUT2D eigenvalue weighted by atomic mass is 10.1. The van der Waals surface area contributed by atoms with Gasteiger partial charge in [-0.15, -0.1) is 0 Å². The van der Waals surface area contributed by atoms with Gasteiger partial charge in [0.15, 0.2) is 5.78 Å². The first-order valence-electron chi connectivity index (χ1n) is 5.81. The number of benzene rings is 1. The summed E-state index contributed by atoms with van der Waals surface area (Å²) in [5, 5.41) is 9.25. The fourth-order valence-corrected chi connectivity index (χ4v) is 2.16. The molecule has 19 heavy (non-hydrogen) atoms. The van der Waals surface area contributed by atoms with Crippen LogP contribution in [0.1, 0.15) is 16.8 Å². The normalized spacial score (nSPS) is 21.0. The average molecular weight is 303 g/mol. The van der Waals surface area contributed by atoms with Gasteiger partial charge in [-0.1, -0.05) is 23.2 Å². The molecule has 4 nitrogen and oxygen atoms in total. The lowest BCUT2D eigenvalue weighted by molar-refractivity contribution is -0.146. The smallest absolute Gasteiger partial charge is 0.309 e. The van der Waals surface area contributed by atoms with Gasteiger partial charge in [-0.05, 0) is 24.6 Å². The second-order valence-corrected chi connectivity index (χ2v) is 5.15. The Kier molecular flexibility index (Phi) is 4.45. The van der Waals surface area contributed by atoms with Gasteiger partial charge in [-0.2, -0.15) is 0 Å². The average Bonchev–Trinajstić information content (AvgIpc) is 3.18. The van der Waals surface area contributed by atoms with E-state index in [9.17, 15) is 9.59 Å². The van der Waals surface area contributed by atoms with Crippen LogP contribution in [0, 0.1) is 11.8 Å². The Bertz CT molecular complexity index is 515. The predicted octanol–water partition coefficient (Wildman–Crippen LogP) is 2.35. The van der Waals surface area contributed by atoms with Gasteiger partial charge in [0.2, 0.25) is 0 Å². The number of rotatable bonds is 5. The van der Waals surface area contributed by atoms with Gasteiger partial charge < -0.3 is 9.84 Å². The Labute approximate surface area is 120 Å². The van der Waals surface area contributed by atoms with E-state index in [0.717, 1.165) is 0 Å². The molecule has 0 saturated heterocycles. The van der Waals surface area contributed by atoms with Gasteiger partial charge in [-0.25, -0.2) is 0 Å². The van der Waals surface area contributed by atoms with Crippen molar-refractivity contribution in [3.8, 4) is 0 Å². The maximum Gasteiger partial charge on any atom is 0.309 e. The Morgan fingerprint density at radius 2 is 2.00 bits per heavy atom. The third kappa shape index (κ3) is 3.26. The molecule has 1 fully saturated rings. The van der Waals surface area contributed by atoms with E-state index in [-0.39, 0.29) is 24.9 Å². The lowest BCUT2D eigenvalue weighted by Crippen LogP contribution is -2.14. The highest BCUT2D eigenvalue weighted by Crippen LogP contribution is 2.42. The van der Waals surface area contributed by atoms with Crippen LogP contribution in [0.15, 0.2) is 18.2 Å². The molecule has 0 radical (unpaired) electrons. The molecular formula is C13H12Cl2O4. The number of ether oxygens (including phenoxy) is 1. The number of hydrogen-bond acceptors (Lipinski definition) is 4. The first-order valence-corrected chi connectivity index (χ1v) is 6.57. The topological polar surface area (TPSA) is 63.6 Å². The quantitative estimate of drug-likeness (QED) is 0.670. The maximum absolute atomic E-state index is 12.1. The van der Waals surface area contributed by atoms with Crippen LogP contribution in [0.5, 0.6) is 0 Å². The Balaban J connectivity index is 1.99. The van der Waals surface area contributed by atoms with Crippen molar-refractivity contribution in [1.29, 1.82) is 0 Å². The van der Waals surface area contributed by atoms with Crippen molar-refractivity contribution in [2.24, 2.45) is 11.8 Å². The zero-order valence-corrected chi connectivity index (χ0v) is 11.4. The highest BCUT2D eigenvalue weighted by atomic mass is 35.5. The molecule has 0 spiro atoms. The molecule has 0 heterocycles. The number of Topliss-reactive ketones (excluding diaryl/α,β-unsaturated/α-hetero) is 1. The molecule has 0 unspecified atom stereocenters. The lowest BCUT2D eigenvalue weighted by Gasteiger charge is -2.03. The first kappa shape index (κ1) is 14.3. The van der Waals surface area contributed by atoms with Crippen molar-refractivity contribution in [3.63, 3.8) is 0 Å². The molecule has 102 valence electrons. The van der Waals surface area contributed by atoms with Gasteiger partial charge in [0, 0.05) is 11.5 Å². The van der Waals surface area contributed by atoms with E-state index in [0.29, 0.717) is 22.0 Å². The Morgan fingerprint density at radius 1 is 1.26 bits per heavy atom. The molecule has 0 aromatic heterocycles. The third-order valence-corrected chi connectivity index (χ3v) is 3.71. The van der Waals surface area contributed by atoms with E-state index in [1.165, 1.54) is 6.07 Å². The molecule has 0 aliphatic heterocycles. The zero-order chi connectivity index (χ0) is 14.0. The van der Waals surface area contributed by atoms with Gasteiger partial charge in [0.25, 0.3) is 0 Å². The number of aliphatic hydroxyl groups excluding tert-OH is 1. The van der Waals surface area contributed by atoms with Crippen LogP contribution in [-0.4, -0.2) is 30.1 Å². The number of aliphatic hydroxyl groups is 1. The minimum absolute atomic E-state index is 0.0387. The van der Waals surface area contributed by atoms with Crippen molar-refractivity contribution < 1.29 is 19.4 Å². The molecule has 6 heteroatoms. The number of ketones is 1. The van der Waals surface area contributed by atoms with Crippen molar-refractivity contribution in [2.75, 3.05) is 13.2 Å². The number of hydrogen-bond donors (Lipinski definition) is 1. The minimum atomic E-state index is -0.438. The number of esters is 1. The third-order valence-electron chi connectivity index (χ3n) is 2.97. The van der Waals surface area contributed by atoms with E-state index >= 15 is 0 Å². The summed E-state index contributed by atoms with van der Waals surface area (Å²) in [6.45, 7) is -0.257. The summed E-state index contributed by atoms with van der Waals surface area (Å²) in [4.78, 5) is 23.6. The summed E-state index contributed by atoms with van der Waals surface area (Å²) in [5.74, 6) is -1.34. The molecule has 1 aliphatic rings. The largest absolute Gasteiger partial charge is 0.463 e. The van der Waals surface area contributed by atoms with Crippen molar-refractivity contribution >= 4 is 35.0 Å². The second-order valence-electron chi connectivity index (χ2n) is 4.33. The molecule has 1 aromatic rings. The summed E-state index contributed by atoms with van der Waals surface area (Å²) in [6, 6.07) is 4.64. The van der Waals surface area contributed by atoms with Gasteiger partial charge in [0.05, 0.1) is 22.6 Å². The van der Waals surface area contributed by atoms with E-state index < -0.39 is 11.9 Å². The molecule has 0 amide bonds. The summed E-state index contributed by atoms with van der Waals surface area (Å²) in [5.41, 5.74) is 0.442. The number of carbonyl (C=O) groups is 2. The summed E-state index contributed by atoms with van der Waals surface area (Å²) >= 11 is 11.6. The SMILES string of the molecule is O=C(OCCO)[C@H]1C[C@@H]1C(=O)c1ccc(Cl)c(Cl)c1. The van der Waals surface area contributed by atoms with E-state index in [2.05, 4.69) is 0 Å². The van der Waals surface area contributed by atoms with Gasteiger partial charge in [0.1, 0.15) is 6.61 Å². The zero-order valence-electron chi connectivity index (χ0n) is 9.94. The molecule has 1 aliphatic carbocycles. The minimum Gasteiger partial charge on any atom is -0.463 e. The molecule has 2 rings (SSSR count). The fourth-order valence-electron chi connectivity index (χ4n) is 1.86. The van der Waals surface area contributed by atoms with Crippen molar-refractivity contribution in [1.82, 2.24) is 0 Å². The molecule has 1 saturated carbocycles. The van der Waals surface area contributed by atoms with Crippen LogP contribution in [0.4, 0.5) is 0 Å². The molecule has 2 atom stereocenters. The van der Waals surface area contributed by atoms with Crippen molar-refractivity contribution in [2.45, 2.75) is 6.42 Å². The van der Waals surface area contributed by atoms with Crippen LogP contribution >= 0.6 is 23.2 Å². The van der Waals surface area contributed by atoms with Gasteiger partial charge in [-0.3, -0.25) is 9.59 Å². The van der Waals surface area contributed by atoms with E-state index in [1.807, 2.05) is 0 Å². The van der Waals surface area contributed by atoms with Crippen LogP contribution in [0.25, 0.3) is 0 Å². The fraction of sp³-hybridized carbons (Fsp3) is 0.385. The van der Waals surface area contributed by atoms with Crippen molar-refractivity contribution in [3.05, 3.63) is 33.8 Å². The summed E-state index contributed by atoms with van der Waals surface area (Å²) in [7, 11) is 0. The van der Waals surface area contributed by atoms with E-state index in [1.54, 1.807) is 12.1 Å². The number of halogens is 2. The standard InChI is InChI=1S/C13H12Cl2O4/c14-10-2-1-7(5-11(10)15)12(17)8-6-9(8)13(18)19-4-3-16/h1-2,5,8-9,16H,3-4,6H2/t8-,9-/m0/s1. The van der Waals surface area contributed by atoms with Crippen LogP contribution < -0.4 is 0 Å². The number of carbonyl (C=O) groups excluding carboxylic acids is 2. The highest BCUT2D eigenvalue weighted by molar-refractivity contribution is 6.42. The summed E-state index contributed by atoms with van der Waals surface area (Å²) < 4.78 is 4.79. The Hall–Kier alpha value is -1.10. The molecular weight excluding hydrogens is 291 g/mol. The molecule has 0 bridgehead atoms. The Morgan fingerprint density at radius 3 is 2.63 bits per heavy atom. The van der Waals surface area contributed by atoms with Crippen LogP contribution in [-0.2, 0) is 9.53 Å². The van der Waals surface area contributed by atoms with Crippen LogP contribution in [0.3, 0.4) is 0 Å². The van der Waals surface area contributed by atoms with Gasteiger partial charge >= 0.3 is 5.97 Å². The monoisotopic (exact) mass is 302 g/mol. The second kappa shape index (κ2) is 5.90. The predicted molar refractivity (Wildman–Crippen MR) is 70.4 cm³/mol. The highest BCUT2D eigenvalue weighted by Gasteiger charge is 2.49. The maximum atomic E-state index is 12.1. The van der Waals surface area contributed by atoms with Crippen LogP contribution in [0.2, 0.25) is 10.0 Å². The molecule has 1 N–H and O–H groups in total. The van der Waals surface area contributed by atoms with E-state index in [4.69, 9.17) is 33.0 Å². The summed E-state index contributed by atoms with van der Waals surface area (Å²) in [6.07, 6.45) is 0.476. The first-order chi connectivity index (χ1) is 9.04. The molecule has 1 aromatic carbocycles.